The molecule has 1 aliphatic heterocycles. The van der Waals surface area contributed by atoms with Crippen molar-refractivity contribution in [1.82, 2.24) is 15.0 Å². The zero-order chi connectivity index (χ0) is 26.2. The highest BCUT2D eigenvalue weighted by Gasteiger charge is 2.25. The minimum Gasteiger partial charge on any atom is -0.325 e. The van der Waals surface area contributed by atoms with Crippen LogP contribution in [-0.4, -0.2) is 49.1 Å². The van der Waals surface area contributed by atoms with Gasteiger partial charge in [-0.05, 0) is 42.3 Å². The Labute approximate surface area is 205 Å². The summed E-state index contributed by atoms with van der Waals surface area (Å²) >= 11 is 0. The number of halogens is 3. The van der Waals surface area contributed by atoms with Gasteiger partial charge in [0.15, 0.2) is 11.6 Å². The van der Waals surface area contributed by atoms with Crippen molar-refractivity contribution >= 4 is 44.9 Å². The molecule has 0 aliphatic carbocycles. The second kappa shape index (κ2) is 9.60. The topological polar surface area (TPSA) is 120 Å². The Morgan fingerprint density at radius 3 is 2.64 bits per heavy atom. The van der Waals surface area contributed by atoms with Crippen LogP contribution in [0.5, 0.6) is 0 Å². The summed E-state index contributed by atoms with van der Waals surface area (Å²) in [5.41, 5.74) is 2.53. The number of carbonyl (C=O) groups excluding carboxylic acids is 1. The van der Waals surface area contributed by atoms with Crippen LogP contribution in [0.4, 0.5) is 42.1 Å². The van der Waals surface area contributed by atoms with E-state index in [1.807, 2.05) is 0 Å². The lowest BCUT2D eigenvalue weighted by Crippen LogP contribution is -2.31. The first-order valence-corrected chi connectivity index (χ1v) is 12.4. The third-order valence-corrected chi connectivity index (χ3v) is 6.57. The van der Waals surface area contributed by atoms with Gasteiger partial charge in [-0.15, -0.1) is 0 Å². The molecule has 10 nitrogen and oxygen atoms in total. The van der Waals surface area contributed by atoms with Crippen LogP contribution >= 0.6 is 0 Å². The smallest absolute Gasteiger partial charge is 0.316 e. The van der Waals surface area contributed by atoms with Crippen molar-refractivity contribution in [1.29, 1.82) is 0 Å². The summed E-state index contributed by atoms with van der Waals surface area (Å²) in [4.78, 5) is 23.9. The van der Waals surface area contributed by atoms with Gasteiger partial charge in [-0.3, -0.25) is 14.0 Å². The van der Waals surface area contributed by atoms with Crippen LogP contribution in [-0.2, 0) is 27.8 Å². The van der Waals surface area contributed by atoms with E-state index in [0.29, 0.717) is 21.8 Å². The van der Waals surface area contributed by atoms with E-state index in [1.54, 1.807) is 25.1 Å². The number of nitrogens with zero attached hydrogens (tertiary/aromatic N) is 5. The Bertz CT molecular complexity index is 1440. The fourth-order valence-corrected chi connectivity index (χ4v) is 4.02. The normalized spacial score (nSPS) is 12.9. The highest BCUT2D eigenvalue weighted by molar-refractivity contribution is 7.92. The predicted octanol–water partition coefficient (Wildman–Crippen LogP) is 3.18. The number of nitrogens with one attached hydrogen (secondary N) is 2. The molecular formula is C22H22F3N7O3S. The number of sulfonamides is 1. The van der Waals surface area contributed by atoms with Gasteiger partial charge >= 0.3 is 6.55 Å². The molecule has 4 rings (SSSR count). The van der Waals surface area contributed by atoms with Crippen molar-refractivity contribution in [3.8, 4) is 0 Å². The molecule has 0 radical (unpaired) electrons. The Balaban J connectivity index is 1.62. The van der Waals surface area contributed by atoms with Crippen LogP contribution in [0.25, 0.3) is 0 Å². The maximum absolute atomic E-state index is 14.6. The van der Waals surface area contributed by atoms with Gasteiger partial charge in [0, 0.05) is 18.4 Å². The average molecular weight is 522 g/mol. The van der Waals surface area contributed by atoms with Gasteiger partial charge in [-0.25, -0.2) is 22.8 Å². The minimum atomic E-state index is -3.64. The van der Waals surface area contributed by atoms with Crippen molar-refractivity contribution in [3.05, 3.63) is 59.2 Å². The average Bonchev–Trinajstić information content (AvgIpc) is 3.16. The molecule has 0 atom stereocenters. The van der Waals surface area contributed by atoms with E-state index < -0.39 is 34.8 Å². The number of carbonyl (C=O) groups is 1. The van der Waals surface area contributed by atoms with E-state index in [-0.39, 0.29) is 29.8 Å². The summed E-state index contributed by atoms with van der Waals surface area (Å²) in [6.07, 6.45) is 2.01. The number of hydrogen-bond acceptors (Lipinski definition) is 8. The Morgan fingerprint density at radius 1 is 1.19 bits per heavy atom. The summed E-state index contributed by atoms with van der Waals surface area (Å²) in [5.74, 6) is -2.00. The molecule has 36 heavy (non-hydrogen) atoms. The standard InChI is InChI=1S/C22H22F3N7O3S/c1-12-6-15(27-18(7-12)31(2)36(3,34)35)11-32(21(24)25)20-16(23)10-26-22(30-20)28-14-5-4-13-8-19(33)29-17(13)9-14/h4-7,9-10,21H,8,11H2,1-3H3,(H,29,33)(H,26,28,30). The molecule has 0 unspecified atom stereocenters. The number of rotatable bonds is 8. The summed E-state index contributed by atoms with van der Waals surface area (Å²) in [6.45, 7) is -2.05. The molecule has 0 bridgehead atoms. The van der Waals surface area contributed by atoms with E-state index in [1.165, 1.54) is 19.2 Å². The first-order valence-electron chi connectivity index (χ1n) is 10.6. The van der Waals surface area contributed by atoms with Gasteiger partial charge in [-0.2, -0.15) is 13.8 Å². The van der Waals surface area contributed by atoms with Crippen LogP contribution in [0.2, 0.25) is 0 Å². The molecule has 0 saturated carbocycles. The molecular weight excluding hydrogens is 499 g/mol. The largest absolute Gasteiger partial charge is 0.325 e. The number of aryl methyl sites for hydroxylation is 1. The molecule has 3 aromatic rings. The van der Waals surface area contributed by atoms with Crippen molar-refractivity contribution in [3.63, 3.8) is 0 Å². The van der Waals surface area contributed by atoms with E-state index in [9.17, 15) is 26.4 Å². The second-order valence-electron chi connectivity index (χ2n) is 8.22. The molecule has 1 aromatic carbocycles. The van der Waals surface area contributed by atoms with Gasteiger partial charge in [0.2, 0.25) is 21.9 Å². The molecule has 190 valence electrons. The molecule has 14 heteroatoms. The molecule has 0 saturated heterocycles. The fraction of sp³-hybridized carbons (Fsp3) is 0.273. The lowest BCUT2D eigenvalue weighted by Gasteiger charge is -2.24. The number of amides is 1. The molecule has 2 N–H and O–H groups in total. The third kappa shape index (κ3) is 5.48. The van der Waals surface area contributed by atoms with E-state index >= 15 is 0 Å². The van der Waals surface area contributed by atoms with Crippen molar-refractivity contribution in [2.75, 3.05) is 33.1 Å². The van der Waals surface area contributed by atoms with Gasteiger partial charge in [0.05, 0.1) is 31.1 Å². The highest BCUT2D eigenvalue weighted by atomic mass is 32.2. The second-order valence-corrected chi connectivity index (χ2v) is 10.2. The van der Waals surface area contributed by atoms with E-state index in [0.717, 1.165) is 22.3 Å². The summed E-state index contributed by atoms with van der Waals surface area (Å²) in [7, 11) is -2.35. The number of fused-ring (bicyclic) bond motifs is 1. The molecule has 0 spiro atoms. The maximum atomic E-state index is 14.6. The minimum absolute atomic E-state index is 0.0379. The van der Waals surface area contributed by atoms with E-state index in [4.69, 9.17) is 0 Å². The fourth-order valence-electron chi connectivity index (χ4n) is 3.58. The third-order valence-electron chi connectivity index (χ3n) is 5.39. The van der Waals surface area contributed by atoms with Crippen LogP contribution < -0.4 is 19.8 Å². The quantitative estimate of drug-likeness (QED) is 0.434. The zero-order valence-corrected chi connectivity index (χ0v) is 20.3. The van der Waals surface area contributed by atoms with Crippen molar-refractivity contribution in [2.24, 2.45) is 0 Å². The molecule has 1 aliphatic rings. The SMILES string of the molecule is Cc1cc(CN(c2nc(Nc3ccc4c(c3)NC(=O)C4)ncc2F)C(F)F)nc(N(C)S(C)(=O)=O)c1. The van der Waals surface area contributed by atoms with Gasteiger partial charge in [0.1, 0.15) is 5.82 Å². The highest BCUT2D eigenvalue weighted by Crippen LogP contribution is 2.29. The maximum Gasteiger partial charge on any atom is 0.316 e. The Morgan fingerprint density at radius 2 is 1.94 bits per heavy atom. The number of aromatic nitrogens is 3. The number of hydrogen-bond donors (Lipinski definition) is 2. The van der Waals surface area contributed by atoms with Crippen LogP contribution in [0.3, 0.4) is 0 Å². The van der Waals surface area contributed by atoms with Crippen LogP contribution in [0.15, 0.2) is 36.5 Å². The summed E-state index contributed by atoms with van der Waals surface area (Å²) in [6, 6.07) is 8.00. The van der Waals surface area contributed by atoms with Crippen LogP contribution in [0.1, 0.15) is 16.8 Å². The van der Waals surface area contributed by atoms with Gasteiger partial charge in [0.25, 0.3) is 0 Å². The molecule has 1 amide bonds. The lowest BCUT2D eigenvalue weighted by atomic mass is 10.1. The number of pyridine rings is 1. The first kappa shape index (κ1) is 25.2. The predicted molar refractivity (Wildman–Crippen MR) is 128 cm³/mol. The Kier molecular flexibility index (Phi) is 6.71. The van der Waals surface area contributed by atoms with Crippen molar-refractivity contribution in [2.45, 2.75) is 26.4 Å². The summed E-state index contributed by atoms with van der Waals surface area (Å²) in [5, 5.41) is 5.52. The number of anilines is 5. The molecule has 2 aromatic heterocycles. The summed E-state index contributed by atoms with van der Waals surface area (Å²) < 4.78 is 67.4. The monoisotopic (exact) mass is 521 g/mol. The molecule has 3 heterocycles. The van der Waals surface area contributed by atoms with Gasteiger partial charge < -0.3 is 10.6 Å². The lowest BCUT2D eigenvalue weighted by molar-refractivity contribution is -0.115. The molecule has 0 fully saturated rings. The van der Waals surface area contributed by atoms with Gasteiger partial charge in [-0.1, -0.05) is 6.07 Å². The number of benzene rings is 1. The van der Waals surface area contributed by atoms with Crippen LogP contribution in [0, 0.1) is 12.7 Å². The van der Waals surface area contributed by atoms with Crippen molar-refractivity contribution < 1.29 is 26.4 Å². The Hall–Kier alpha value is -3.94. The zero-order valence-electron chi connectivity index (χ0n) is 19.5. The van der Waals surface area contributed by atoms with E-state index in [2.05, 4.69) is 25.6 Å². The first-order chi connectivity index (χ1) is 16.9. The number of alkyl halides is 2.